The molecule has 0 radical (unpaired) electrons. The van der Waals surface area contributed by atoms with Crippen molar-refractivity contribution < 1.29 is 18.3 Å². The molecule has 0 spiro atoms. The van der Waals surface area contributed by atoms with Crippen molar-refractivity contribution in [3.63, 3.8) is 0 Å². The van der Waals surface area contributed by atoms with Crippen LogP contribution in [-0.2, 0) is 0 Å². The van der Waals surface area contributed by atoms with Gasteiger partial charge in [0.25, 0.3) is 5.91 Å². The summed E-state index contributed by atoms with van der Waals surface area (Å²) in [4.78, 5) is 10.8. The summed E-state index contributed by atoms with van der Waals surface area (Å²) < 4.78 is 27.8. The number of carbonyl (C=O) groups is 1. The van der Waals surface area contributed by atoms with Crippen LogP contribution < -0.4 is 10.5 Å². The predicted octanol–water partition coefficient (Wildman–Crippen LogP) is 2.04. The number of hydrogen-bond acceptors (Lipinski definition) is 2. The van der Waals surface area contributed by atoms with Crippen molar-refractivity contribution >= 4 is 17.5 Å². The Balaban J connectivity index is 3.09. The first kappa shape index (κ1) is 10.7. The second-order valence-electron chi connectivity index (χ2n) is 2.38. The SMILES string of the molecule is NC(=O)c1ccc(Cl)cc1OC(F)F. The largest absolute Gasteiger partial charge is 0.434 e. The lowest BCUT2D eigenvalue weighted by Gasteiger charge is -2.08. The van der Waals surface area contributed by atoms with Crippen molar-refractivity contribution in [3.8, 4) is 5.75 Å². The second-order valence-corrected chi connectivity index (χ2v) is 2.82. The van der Waals surface area contributed by atoms with Crippen molar-refractivity contribution in [2.75, 3.05) is 0 Å². The van der Waals surface area contributed by atoms with Crippen LogP contribution in [0, 0.1) is 0 Å². The number of rotatable bonds is 3. The van der Waals surface area contributed by atoms with Crippen LogP contribution in [0.4, 0.5) is 8.78 Å². The van der Waals surface area contributed by atoms with Gasteiger partial charge in [-0.25, -0.2) is 0 Å². The molecule has 1 amide bonds. The predicted molar refractivity (Wildman–Crippen MR) is 46.6 cm³/mol. The summed E-state index contributed by atoms with van der Waals surface area (Å²) >= 11 is 5.53. The Hall–Kier alpha value is -1.36. The average Bonchev–Trinajstić information content (AvgIpc) is 2.01. The fourth-order valence-electron chi connectivity index (χ4n) is 0.893. The number of primary amides is 1. The fraction of sp³-hybridized carbons (Fsp3) is 0.125. The number of benzene rings is 1. The van der Waals surface area contributed by atoms with Crippen LogP contribution in [0.3, 0.4) is 0 Å². The van der Waals surface area contributed by atoms with E-state index >= 15 is 0 Å². The molecule has 0 unspecified atom stereocenters. The minimum Gasteiger partial charge on any atom is -0.434 e. The number of amides is 1. The molecule has 0 aromatic heterocycles. The van der Waals surface area contributed by atoms with E-state index in [4.69, 9.17) is 17.3 Å². The Morgan fingerprint density at radius 3 is 2.64 bits per heavy atom. The molecule has 1 aromatic rings. The average molecular weight is 222 g/mol. The topological polar surface area (TPSA) is 52.3 Å². The van der Waals surface area contributed by atoms with Crippen LogP contribution in [0.1, 0.15) is 10.4 Å². The van der Waals surface area contributed by atoms with Gasteiger partial charge in [0, 0.05) is 5.02 Å². The van der Waals surface area contributed by atoms with Gasteiger partial charge in [-0.05, 0) is 18.2 Å². The third kappa shape index (κ3) is 2.56. The number of hydrogen-bond donors (Lipinski definition) is 1. The molecule has 0 heterocycles. The third-order valence-corrected chi connectivity index (χ3v) is 1.66. The first-order chi connectivity index (χ1) is 6.50. The maximum atomic E-state index is 11.9. The highest BCUT2D eigenvalue weighted by molar-refractivity contribution is 6.30. The van der Waals surface area contributed by atoms with Crippen molar-refractivity contribution in [1.82, 2.24) is 0 Å². The van der Waals surface area contributed by atoms with E-state index in [9.17, 15) is 13.6 Å². The Morgan fingerprint density at radius 1 is 1.50 bits per heavy atom. The number of halogens is 3. The molecule has 6 heteroatoms. The lowest BCUT2D eigenvalue weighted by Crippen LogP contribution is -2.14. The first-order valence-corrected chi connectivity index (χ1v) is 3.92. The molecule has 0 aliphatic heterocycles. The van der Waals surface area contributed by atoms with Crippen LogP contribution in [-0.4, -0.2) is 12.5 Å². The maximum Gasteiger partial charge on any atom is 0.387 e. The van der Waals surface area contributed by atoms with Crippen molar-refractivity contribution in [1.29, 1.82) is 0 Å². The highest BCUT2D eigenvalue weighted by atomic mass is 35.5. The minimum atomic E-state index is -3.02. The number of nitrogens with two attached hydrogens (primary N) is 1. The van der Waals surface area contributed by atoms with Crippen molar-refractivity contribution in [3.05, 3.63) is 28.8 Å². The smallest absolute Gasteiger partial charge is 0.387 e. The molecule has 0 saturated heterocycles. The molecule has 2 N–H and O–H groups in total. The van der Waals surface area contributed by atoms with E-state index in [1.807, 2.05) is 0 Å². The summed E-state index contributed by atoms with van der Waals surface area (Å²) in [5.74, 6) is -1.17. The van der Waals surface area contributed by atoms with E-state index in [-0.39, 0.29) is 16.3 Å². The first-order valence-electron chi connectivity index (χ1n) is 3.55. The Morgan fingerprint density at radius 2 is 2.14 bits per heavy atom. The maximum absolute atomic E-state index is 11.9. The minimum absolute atomic E-state index is 0.130. The Bertz CT molecular complexity index is 357. The van der Waals surface area contributed by atoms with E-state index in [0.717, 1.165) is 6.07 Å². The quantitative estimate of drug-likeness (QED) is 0.849. The van der Waals surface area contributed by atoms with Gasteiger partial charge < -0.3 is 10.5 Å². The van der Waals surface area contributed by atoms with Gasteiger partial charge in [0.1, 0.15) is 5.75 Å². The number of carbonyl (C=O) groups excluding carboxylic acids is 1. The molecule has 0 aliphatic rings. The van der Waals surface area contributed by atoms with Gasteiger partial charge in [-0.1, -0.05) is 11.6 Å². The summed E-state index contributed by atoms with van der Waals surface area (Å²) in [6.07, 6.45) is 0. The standard InChI is InChI=1S/C8H6ClF2NO2/c9-4-1-2-5(7(12)13)6(3-4)14-8(10)11/h1-3,8H,(H2,12,13). The molecule has 1 rings (SSSR count). The molecule has 14 heavy (non-hydrogen) atoms. The molecule has 0 fully saturated rings. The van der Waals surface area contributed by atoms with E-state index < -0.39 is 12.5 Å². The summed E-state index contributed by atoms with van der Waals surface area (Å²) in [6.45, 7) is -3.02. The molecule has 0 bridgehead atoms. The molecule has 3 nitrogen and oxygen atoms in total. The van der Waals surface area contributed by atoms with Gasteiger partial charge in [-0.2, -0.15) is 8.78 Å². The summed E-state index contributed by atoms with van der Waals surface area (Å²) in [6, 6.07) is 3.69. The molecule has 0 saturated carbocycles. The van der Waals surface area contributed by atoms with Gasteiger partial charge in [0.05, 0.1) is 5.56 Å². The summed E-state index contributed by atoms with van der Waals surface area (Å²) in [5.41, 5.74) is 4.80. The Labute approximate surface area is 83.4 Å². The summed E-state index contributed by atoms with van der Waals surface area (Å²) in [5, 5.41) is 0.186. The van der Waals surface area contributed by atoms with Crippen LogP contribution >= 0.6 is 11.6 Å². The van der Waals surface area contributed by atoms with Gasteiger partial charge in [0.2, 0.25) is 0 Å². The van der Waals surface area contributed by atoms with Gasteiger partial charge in [-0.3, -0.25) is 4.79 Å². The summed E-state index contributed by atoms with van der Waals surface area (Å²) in [7, 11) is 0. The van der Waals surface area contributed by atoms with Crippen LogP contribution in [0.5, 0.6) is 5.75 Å². The van der Waals surface area contributed by atoms with E-state index in [0.29, 0.717) is 0 Å². The highest BCUT2D eigenvalue weighted by Crippen LogP contribution is 2.24. The normalized spacial score (nSPS) is 10.3. The van der Waals surface area contributed by atoms with E-state index in [1.54, 1.807) is 0 Å². The van der Waals surface area contributed by atoms with Crippen molar-refractivity contribution in [2.45, 2.75) is 6.61 Å². The zero-order chi connectivity index (χ0) is 10.7. The van der Waals surface area contributed by atoms with Crippen LogP contribution in [0.2, 0.25) is 5.02 Å². The van der Waals surface area contributed by atoms with Crippen LogP contribution in [0.15, 0.2) is 18.2 Å². The molecule has 1 aromatic carbocycles. The zero-order valence-electron chi connectivity index (χ0n) is 6.84. The molecule has 76 valence electrons. The lowest BCUT2D eigenvalue weighted by atomic mass is 10.2. The zero-order valence-corrected chi connectivity index (χ0v) is 7.59. The van der Waals surface area contributed by atoms with Gasteiger partial charge >= 0.3 is 6.61 Å². The molecule has 0 aliphatic carbocycles. The molecular weight excluding hydrogens is 216 g/mol. The van der Waals surface area contributed by atoms with E-state index in [2.05, 4.69) is 4.74 Å². The Kier molecular flexibility index (Phi) is 3.24. The van der Waals surface area contributed by atoms with Crippen molar-refractivity contribution in [2.24, 2.45) is 5.73 Å². The number of ether oxygens (including phenoxy) is 1. The molecule has 0 atom stereocenters. The third-order valence-electron chi connectivity index (χ3n) is 1.43. The van der Waals surface area contributed by atoms with Gasteiger partial charge in [-0.15, -0.1) is 0 Å². The van der Waals surface area contributed by atoms with Crippen LogP contribution in [0.25, 0.3) is 0 Å². The van der Waals surface area contributed by atoms with Gasteiger partial charge in [0.15, 0.2) is 0 Å². The fourth-order valence-corrected chi connectivity index (χ4v) is 1.06. The second kappa shape index (κ2) is 4.23. The van der Waals surface area contributed by atoms with E-state index in [1.165, 1.54) is 12.1 Å². The highest BCUT2D eigenvalue weighted by Gasteiger charge is 2.13. The monoisotopic (exact) mass is 221 g/mol. The molecular formula is C8H6ClF2NO2. The lowest BCUT2D eigenvalue weighted by molar-refractivity contribution is -0.0501. The number of alkyl halides is 2.